The minimum atomic E-state index is -0.497. The maximum Gasteiger partial charge on any atom is 0.412 e. The van der Waals surface area contributed by atoms with Crippen molar-refractivity contribution < 1.29 is 9.53 Å². The molecule has 1 rings (SSSR count). The van der Waals surface area contributed by atoms with Gasteiger partial charge in [0.05, 0.1) is 0 Å². The van der Waals surface area contributed by atoms with Crippen LogP contribution in [-0.2, 0) is 4.74 Å². The lowest BCUT2D eigenvalue weighted by Crippen LogP contribution is -2.27. The summed E-state index contributed by atoms with van der Waals surface area (Å²) in [5.74, 6) is 0. The Bertz CT molecular complexity index is 395. The summed E-state index contributed by atoms with van der Waals surface area (Å²) in [7, 11) is 0. The molecule has 94 valence electrons. The predicted octanol–water partition coefficient (Wildman–Crippen LogP) is 3.05. The molecule has 0 saturated carbocycles. The first-order valence-corrected chi connectivity index (χ1v) is 5.63. The zero-order valence-electron chi connectivity index (χ0n) is 10.8. The van der Waals surface area contributed by atoms with Crippen LogP contribution in [0.1, 0.15) is 39.3 Å². The Morgan fingerprint density at radius 1 is 1.41 bits per heavy atom. The molecule has 0 spiro atoms. The number of anilines is 1. The molecule has 0 radical (unpaired) electrons. The second kappa shape index (κ2) is 5.19. The van der Waals surface area contributed by atoms with Gasteiger partial charge in [-0.15, -0.1) is 0 Å². The third kappa shape index (κ3) is 4.87. The summed E-state index contributed by atoms with van der Waals surface area (Å²) in [6, 6.07) is 7.36. The van der Waals surface area contributed by atoms with Crippen LogP contribution in [-0.4, -0.2) is 11.7 Å². The third-order valence-electron chi connectivity index (χ3n) is 2.06. The van der Waals surface area contributed by atoms with Crippen LogP contribution in [0.5, 0.6) is 0 Å². The molecule has 4 nitrogen and oxygen atoms in total. The van der Waals surface area contributed by atoms with E-state index in [0.29, 0.717) is 5.69 Å². The van der Waals surface area contributed by atoms with E-state index in [2.05, 4.69) is 5.32 Å². The summed E-state index contributed by atoms with van der Waals surface area (Å²) >= 11 is 0. The van der Waals surface area contributed by atoms with Gasteiger partial charge in [0.1, 0.15) is 5.60 Å². The van der Waals surface area contributed by atoms with Gasteiger partial charge in [0.2, 0.25) is 0 Å². The van der Waals surface area contributed by atoms with Gasteiger partial charge in [-0.2, -0.15) is 0 Å². The standard InChI is InChI=1S/C13H20N2O2/c1-9(14)10-6-5-7-11(8-10)15-12(16)17-13(2,3)4/h5-9H,14H2,1-4H3,(H,15,16). The SMILES string of the molecule is CC(N)c1cccc(NC(=O)OC(C)(C)C)c1. The number of carbonyl (C=O) groups is 1. The van der Waals surface area contributed by atoms with E-state index in [9.17, 15) is 4.79 Å². The van der Waals surface area contributed by atoms with Crippen LogP contribution >= 0.6 is 0 Å². The predicted molar refractivity (Wildman–Crippen MR) is 68.9 cm³/mol. The molecule has 1 unspecified atom stereocenters. The van der Waals surface area contributed by atoms with E-state index in [1.165, 1.54) is 0 Å². The van der Waals surface area contributed by atoms with Crippen molar-refractivity contribution in [2.24, 2.45) is 5.73 Å². The highest BCUT2D eigenvalue weighted by molar-refractivity contribution is 5.84. The van der Waals surface area contributed by atoms with Crippen molar-refractivity contribution in [1.82, 2.24) is 0 Å². The molecule has 1 amide bonds. The fourth-order valence-corrected chi connectivity index (χ4v) is 1.32. The Morgan fingerprint density at radius 3 is 2.59 bits per heavy atom. The molecule has 0 heterocycles. The second-order valence-electron chi connectivity index (χ2n) is 5.04. The molecule has 3 N–H and O–H groups in total. The zero-order valence-corrected chi connectivity index (χ0v) is 10.8. The van der Waals surface area contributed by atoms with Gasteiger partial charge in [0.25, 0.3) is 0 Å². The minimum absolute atomic E-state index is 0.0598. The number of rotatable bonds is 2. The second-order valence-corrected chi connectivity index (χ2v) is 5.04. The molecule has 0 aliphatic rings. The summed E-state index contributed by atoms with van der Waals surface area (Å²) in [5.41, 5.74) is 6.93. The van der Waals surface area contributed by atoms with Crippen molar-refractivity contribution in [2.75, 3.05) is 5.32 Å². The van der Waals surface area contributed by atoms with Gasteiger partial charge in [0, 0.05) is 11.7 Å². The molecule has 0 bridgehead atoms. The van der Waals surface area contributed by atoms with Crippen LogP contribution in [0.4, 0.5) is 10.5 Å². The quantitative estimate of drug-likeness (QED) is 0.829. The summed E-state index contributed by atoms with van der Waals surface area (Å²) in [5, 5.41) is 2.68. The van der Waals surface area contributed by atoms with Gasteiger partial charge in [-0.3, -0.25) is 5.32 Å². The smallest absolute Gasteiger partial charge is 0.412 e. The van der Waals surface area contributed by atoms with Gasteiger partial charge in [-0.05, 0) is 45.4 Å². The van der Waals surface area contributed by atoms with Gasteiger partial charge in [-0.25, -0.2) is 4.79 Å². The molecule has 1 atom stereocenters. The zero-order chi connectivity index (χ0) is 13.1. The number of nitrogens with two attached hydrogens (primary N) is 1. The Hall–Kier alpha value is -1.55. The van der Waals surface area contributed by atoms with Crippen LogP contribution in [0.2, 0.25) is 0 Å². The van der Waals surface area contributed by atoms with Crippen molar-refractivity contribution >= 4 is 11.8 Å². The summed E-state index contributed by atoms with van der Waals surface area (Å²) < 4.78 is 5.16. The van der Waals surface area contributed by atoms with Crippen LogP contribution < -0.4 is 11.1 Å². The molecule has 0 fully saturated rings. The Labute approximate surface area is 102 Å². The molecule has 0 saturated heterocycles. The van der Waals surface area contributed by atoms with Gasteiger partial charge in [-0.1, -0.05) is 12.1 Å². The summed E-state index contributed by atoms with van der Waals surface area (Å²) in [6.45, 7) is 7.37. The van der Waals surface area contributed by atoms with Crippen LogP contribution in [0.15, 0.2) is 24.3 Å². The van der Waals surface area contributed by atoms with E-state index < -0.39 is 11.7 Å². The van der Waals surface area contributed by atoms with Crippen molar-refractivity contribution in [1.29, 1.82) is 0 Å². The maximum absolute atomic E-state index is 11.5. The fourth-order valence-electron chi connectivity index (χ4n) is 1.32. The fraction of sp³-hybridized carbons (Fsp3) is 0.462. The first-order valence-electron chi connectivity index (χ1n) is 5.63. The molecule has 0 aliphatic heterocycles. The van der Waals surface area contributed by atoms with Crippen LogP contribution in [0, 0.1) is 0 Å². The monoisotopic (exact) mass is 236 g/mol. The van der Waals surface area contributed by atoms with E-state index in [1.54, 1.807) is 6.07 Å². The van der Waals surface area contributed by atoms with Gasteiger partial charge < -0.3 is 10.5 Å². The van der Waals surface area contributed by atoms with E-state index in [1.807, 2.05) is 45.9 Å². The van der Waals surface area contributed by atoms with Gasteiger partial charge in [0.15, 0.2) is 0 Å². The minimum Gasteiger partial charge on any atom is -0.444 e. The number of amides is 1. The molecule has 0 aromatic heterocycles. The van der Waals surface area contributed by atoms with Gasteiger partial charge >= 0.3 is 6.09 Å². The number of ether oxygens (including phenoxy) is 1. The van der Waals surface area contributed by atoms with Crippen molar-refractivity contribution in [3.8, 4) is 0 Å². The summed E-state index contributed by atoms with van der Waals surface area (Å²) in [6.07, 6.45) is -0.459. The Morgan fingerprint density at radius 2 is 2.06 bits per heavy atom. The van der Waals surface area contributed by atoms with Crippen LogP contribution in [0.25, 0.3) is 0 Å². The highest BCUT2D eigenvalue weighted by Crippen LogP contribution is 2.16. The number of hydrogen-bond donors (Lipinski definition) is 2. The molecule has 0 aliphatic carbocycles. The number of benzene rings is 1. The van der Waals surface area contributed by atoms with E-state index >= 15 is 0 Å². The first kappa shape index (κ1) is 13.5. The van der Waals surface area contributed by atoms with E-state index in [4.69, 9.17) is 10.5 Å². The molecular weight excluding hydrogens is 216 g/mol. The lowest BCUT2D eigenvalue weighted by atomic mass is 10.1. The van der Waals surface area contributed by atoms with Crippen molar-refractivity contribution in [3.63, 3.8) is 0 Å². The topological polar surface area (TPSA) is 64.3 Å². The molecule has 1 aromatic carbocycles. The number of carbonyl (C=O) groups excluding carboxylic acids is 1. The lowest BCUT2D eigenvalue weighted by Gasteiger charge is -2.20. The van der Waals surface area contributed by atoms with Crippen molar-refractivity contribution in [3.05, 3.63) is 29.8 Å². The number of hydrogen-bond acceptors (Lipinski definition) is 3. The lowest BCUT2D eigenvalue weighted by molar-refractivity contribution is 0.0636. The number of nitrogens with one attached hydrogen (secondary N) is 1. The first-order chi connectivity index (χ1) is 7.78. The Kier molecular flexibility index (Phi) is 4.12. The molecular formula is C13H20N2O2. The molecule has 4 heteroatoms. The molecule has 1 aromatic rings. The van der Waals surface area contributed by atoms with E-state index in [-0.39, 0.29) is 6.04 Å². The average molecular weight is 236 g/mol. The maximum atomic E-state index is 11.5. The van der Waals surface area contributed by atoms with Crippen molar-refractivity contribution in [2.45, 2.75) is 39.3 Å². The van der Waals surface area contributed by atoms with E-state index in [0.717, 1.165) is 5.56 Å². The normalized spacial score (nSPS) is 13.0. The highest BCUT2D eigenvalue weighted by atomic mass is 16.6. The summed E-state index contributed by atoms with van der Waals surface area (Å²) in [4.78, 5) is 11.5. The third-order valence-corrected chi connectivity index (χ3v) is 2.06. The highest BCUT2D eigenvalue weighted by Gasteiger charge is 2.16. The largest absolute Gasteiger partial charge is 0.444 e. The average Bonchev–Trinajstić information content (AvgIpc) is 2.14. The van der Waals surface area contributed by atoms with Crippen LogP contribution in [0.3, 0.4) is 0 Å². The Balaban J connectivity index is 2.69. The molecule has 17 heavy (non-hydrogen) atoms.